The van der Waals surface area contributed by atoms with Crippen molar-refractivity contribution in [2.75, 3.05) is 24.5 Å². The second-order valence-corrected chi connectivity index (χ2v) is 5.91. The molecular formula is C17H22F2N4O3. The molecular weight excluding hydrogens is 346 g/mol. The number of halogens is 2. The molecule has 7 nitrogen and oxygen atoms in total. The summed E-state index contributed by atoms with van der Waals surface area (Å²) >= 11 is 0. The second kappa shape index (κ2) is 9.23. The van der Waals surface area contributed by atoms with Gasteiger partial charge in [0.05, 0.1) is 5.69 Å². The standard InChI is InChI=1S/C17H22F2N4O3/c1-2-7-20-8-9-21-15(24)6-4-13-16(25)23(17(26)22-13)14-5-3-11(18)10-12(14)19/h3,5,10,13,20H,2,4,6-9H2,1H3,(H,21,24)(H,22,26). The summed E-state index contributed by atoms with van der Waals surface area (Å²) in [7, 11) is 0. The van der Waals surface area contributed by atoms with Crippen LogP contribution in [0.3, 0.4) is 0 Å². The van der Waals surface area contributed by atoms with E-state index < -0.39 is 29.6 Å². The van der Waals surface area contributed by atoms with Crippen LogP contribution in [0.25, 0.3) is 0 Å². The first-order chi connectivity index (χ1) is 12.4. The summed E-state index contributed by atoms with van der Waals surface area (Å²) in [4.78, 5) is 36.7. The van der Waals surface area contributed by atoms with Crippen LogP contribution in [-0.4, -0.2) is 43.5 Å². The lowest BCUT2D eigenvalue weighted by atomic mass is 10.1. The van der Waals surface area contributed by atoms with Gasteiger partial charge in [-0.15, -0.1) is 0 Å². The number of anilines is 1. The topological polar surface area (TPSA) is 90.5 Å². The van der Waals surface area contributed by atoms with Crippen LogP contribution >= 0.6 is 0 Å². The average Bonchev–Trinajstić information content (AvgIpc) is 2.87. The SMILES string of the molecule is CCCNCCNC(=O)CCC1NC(=O)N(c2ccc(F)cc2F)C1=O. The van der Waals surface area contributed by atoms with Crippen molar-refractivity contribution in [1.82, 2.24) is 16.0 Å². The Kier molecular flexibility index (Phi) is 7.02. The number of hydrogen-bond acceptors (Lipinski definition) is 4. The van der Waals surface area contributed by atoms with Crippen LogP contribution in [0, 0.1) is 11.6 Å². The first-order valence-electron chi connectivity index (χ1n) is 8.51. The van der Waals surface area contributed by atoms with E-state index in [0.717, 1.165) is 25.1 Å². The Bertz CT molecular complexity index is 684. The molecule has 26 heavy (non-hydrogen) atoms. The Hall–Kier alpha value is -2.55. The molecule has 0 spiro atoms. The van der Waals surface area contributed by atoms with Crippen molar-refractivity contribution < 1.29 is 23.2 Å². The molecule has 2 rings (SSSR count). The van der Waals surface area contributed by atoms with Crippen LogP contribution in [0.5, 0.6) is 0 Å². The number of carbonyl (C=O) groups is 3. The van der Waals surface area contributed by atoms with E-state index in [2.05, 4.69) is 16.0 Å². The van der Waals surface area contributed by atoms with Gasteiger partial charge < -0.3 is 16.0 Å². The number of nitrogens with one attached hydrogen (secondary N) is 3. The van der Waals surface area contributed by atoms with Crippen molar-refractivity contribution in [2.24, 2.45) is 0 Å². The lowest BCUT2D eigenvalue weighted by molar-refractivity contribution is -0.121. The van der Waals surface area contributed by atoms with E-state index in [0.29, 0.717) is 24.1 Å². The highest BCUT2D eigenvalue weighted by Gasteiger charge is 2.40. The van der Waals surface area contributed by atoms with Crippen LogP contribution in [0.1, 0.15) is 26.2 Å². The lowest BCUT2D eigenvalue weighted by Crippen LogP contribution is -2.35. The Morgan fingerprint density at radius 2 is 2.00 bits per heavy atom. The number of rotatable bonds is 9. The van der Waals surface area contributed by atoms with Gasteiger partial charge in [-0.3, -0.25) is 9.59 Å². The van der Waals surface area contributed by atoms with Gasteiger partial charge in [0.1, 0.15) is 17.7 Å². The fourth-order valence-electron chi connectivity index (χ4n) is 2.57. The third-order valence-corrected chi connectivity index (χ3v) is 3.88. The molecule has 4 amide bonds. The van der Waals surface area contributed by atoms with Crippen molar-refractivity contribution in [2.45, 2.75) is 32.2 Å². The van der Waals surface area contributed by atoms with E-state index in [9.17, 15) is 23.2 Å². The van der Waals surface area contributed by atoms with Gasteiger partial charge in [-0.25, -0.2) is 18.5 Å². The van der Waals surface area contributed by atoms with Gasteiger partial charge in [-0.05, 0) is 31.5 Å². The van der Waals surface area contributed by atoms with Gasteiger partial charge >= 0.3 is 6.03 Å². The van der Waals surface area contributed by atoms with Crippen LogP contribution in [0.2, 0.25) is 0 Å². The molecule has 1 saturated heterocycles. The zero-order valence-electron chi connectivity index (χ0n) is 14.5. The fraction of sp³-hybridized carbons (Fsp3) is 0.471. The summed E-state index contributed by atoms with van der Waals surface area (Å²) < 4.78 is 26.8. The van der Waals surface area contributed by atoms with Crippen LogP contribution < -0.4 is 20.9 Å². The summed E-state index contributed by atoms with van der Waals surface area (Å²) in [5, 5.41) is 8.27. The van der Waals surface area contributed by atoms with E-state index in [1.807, 2.05) is 6.92 Å². The molecule has 0 bridgehead atoms. The molecule has 0 aliphatic carbocycles. The monoisotopic (exact) mass is 368 g/mol. The molecule has 3 N–H and O–H groups in total. The Labute approximate surface area is 150 Å². The molecule has 0 saturated carbocycles. The number of carbonyl (C=O) groups excluding carboxylic acids is 3. The molecule has 1 aliphatic heterocycles. The van der Waals surface area contributed by atoms with Crippen molar-refractivity contribution >= 4 is 23.5 Å². The number of urea groups is 1. The molecule has 1 aromatic rings. The smallest absolute Gasteiger partial charge is 0.329 e. The molecule has 1 atom stereocenters. The molecule has 0 radical (unpaired) electrons. The van der Waals surface area contributed by atoms with E-state index >= 15 is 0 Å². The normalized spacial score (nSPS) is 16.7. The van der Waals surface area contributed by atoms with E-state index in [4.69, 9.17) is 0 Å². The maximum atomic E-state index is 13.8. The second-order valence-electron chi connectivity index (χ2n) is 5.91. The Balaban J connectivity index is 1.85. The van der Waals surface area contributed by atoms with E-state index in [1.54, 1.807) is 0 Å². The highest BCUT2D eigenvalue weighted by atomic mass is 19.1. The number of imide groups is 1. The molecule has 142 valence electrons. The van der Waals surface area contributed by atoms with E-state index in [-0.39, 0.29) is 24.4 Å². The Morgan fingerprint density at radius 3 is 2.69 bits per heavy atom. The van der Waals surface area contributed by atoms with Crippen molar-refractivity contribution in [3.8, 4) is 0 Å². The zero-order valence-corrected chi connectivity index (χ0v) is 14.5. The van der Waals surface area contributed by atoms with Crippen LogP contribution in [-0.2, 0) is 9.59 Å². The van der Waals surface area contributed by atoms with Gasteiger partial charge in [-0.2, -0.15) is 0 Å². The van der Waals surface area contributed by atoms with Gasteiger partial charge in [0, 0.05) is 25.6 Å². The predicted octanol–water partition coefficient (Wildman–Crippen LogP) is 1.29. The summed E-state index contributed by atoms with van der Waals surface area (Å²) in [6, 6.07) is 0.876. The third kappa shape index (κ3) is 4.98. The summed E-state index contributed by atoms with van der Waals surface area (Å²) in [5.41, 5.74) is -0.317. The highest BCUT2D eigenvalue weighted by Crippen LogP contribution is 2.24. The average molecular weight is 368 g/mol. The largest absolute Gasteiger partial charge is 0.355 e. The van der Waals surface area contributed by atoms with Crippen molar-refractivity contribution in [1.29, 1.82) is 0 Å². The minimum Gasteiger partial charge on any atom is -0.355 e. The van der Waals surface area contributed by atoms with Gasteiger partial charge in [0.25, 0.3) is 5.91 Å². The molecule has 9 heteroatoms. The van der Waals surface area contributed by atoms with Gasteiger partial charge in [-0.1, -0.05) is 6.92 Å². The zero-order chi connectivity index (χ0) is 19.1. The number of hydrogen-bond donors (Lipinski definition) is 3. The van der Waals surface area contributed by atoms with Crippen LogP contribution in [0.4, 0.5) is 19.3 Å². The first-order valence-corrected chi connectivity index (χ1v) is 8.51. The number of nitrogens with zero attached hydrogens (tertiary/aromatic N) is 1. The van der Waals surface area contributed by atoms with Gasteiger partial charge in [0.15, 0.2) is 0 Å². The fourth-order valence-corrected chi connectivity index (χ4v) is 2.57. The van der Waals surface area contributed by atoms with Crippen molar-refractivity contribution in [3.05, 3.63) is 29.8 Å². The third-order valence-electron chi connectivity index (χ3n) is 3.88. The minimum atomic E-state index is -1.01. The van der Waals surface area contributed by atoms with Crippen molar-refractivity contribution in [3.63, 3.8) is 0 Å². The van der Waals surface area contributed by atoms with E-state index in [1.165, 1.54) is 0 Å². The lowest BCUT2D eigenvalue weighted by Gasteiger charge is -2.14. The summed E-state index contributed by atoms with van der Waals surface area (Å²) in [6.07, 6.45) is 1.14. The number of benzene rings is 1. The number of amides is 4. The quantitative estimate of drug-likeness (QED) is 0.452. The first kappa shape index (κ1) is 19.8. The van der Waals surface area contributed by atoms with Gasteiger partial charge in [0.2, 0.25) is 5.91 Å². The predicted molar refractivity (Wildman–Crippen MR) is 91.6 cm³/mol. The highest BCUT2D eigenvalue weighted by molar-refractivity contribution is 6.21. The molecule has 1 fully saturated rings. The Morgan fingerprint density at radius 1 is 1.23 bits per heavy atom. The molecule has 1 heterocycles. The molecule has 1 aliphatic rings. The molecule has 1 unspecified atom stereocenters. The maximum Gasteiger partial charge on any atom is 0.329 e. The summed E-state index contributed by atoms with van der Waals surface area (Å²) in [5.74, 6) is -2.72. The maximum absolute atomic E-state index is 13.8. The molecule has 1 aromatic carbocycles. The summed E-state index contributed by atoms with van der Waals surface area (Å²) in [6.45, 7) is 4.03. The van der Waals surface area contributed by atoms with Crippen LogP contribution in [0.15, 0.2) is 18.2 Å². The minimum absolute atomic E-state index is 0.0458. The molecule has 0 aromatic heterocycles.